The van der Waals surface area contributed by atoms with Crippen molar-refractivity contribution in [2.75, 3.05) is 6.61 Å². The molecule has 0 saturated heterocycles. The van der Waals surface area contributed by atoms with Crippen LogP contribution < -0.4 is 10.5 Å². The van der Waals surface area contributed by atoms with Gasteiger partial charge in [0.15, 0.2) is 6.61 Å². The van der Waals surface area contributed by atoms with E-state index >= 15 is 0 Å². The summed E-state index contributed by atoms with van der Waals surface area (Å²) in [6.45, 7) is 0.0350. The van der Waals surface area contributed by atoms with Crippen LogP contribution in [-0.2, 0) is 0 Å². The minimum Gasteiger partial charge on any atom is -0.482 e. The van der Waals surface area contributed by atoms with E-state index in [1.54, 1.807) is 0 Å². The van der Waals surface area contributed by atoms with E-state index in [1.165, 1.54) is 6.92 Å². The third-order valence-corrected chi connectivity index (χ3v) is 1.68. The lowest BCUT2D eigenvalue weighted by atomic mass is 10.2. The van der Waals surface area contributed by atoms with Crippen molar-refractivity contribution in [3.8, 4) is 5.75 Å². The van der Waals surface area contributed by atoms with Gasteiger partial charge in [-0.3, -0.25) is 4.98 Å². The summed E-state index contributed by atoms with van der Waals surface area (Å²) < 4.78 is 52.9. The minimum atomic E-state index is -4.46. The van der Waals surface area contributed by atoms with Gasteiger partial charge in [-0.2, -0.15) is 13.2 Å². The second kappa shape index (κ2) is 4.65. The van der Waals surface area contributed by atoms with Crippen LogP contribution in [0.5, 0.6) is 5.75 Å². The fourth-order valence-electron chi connectivity index (χ4n) is 1.01. The van der Waals surface area contributed by atoms with Crippen molar-refractivity contribution in [3.05, 3.63) is 23.8 Å². The zero-order valence-electron chi connectivity index (χ0n) is 8.38. The fraction of sp³-hybridized carbons (Fsp3) is 0.444. The summed E-state index contributed by atoms with van der Waals surface area (Å²) >= 11 is 0. The zero-order chi connectivity index (χ0) is 12.3. The molecule has 0 radical (unpaired) electrons. The third-order valence-electron chi connectivity index (χ3n) is 1.68. The standard InChI is InChI=1S/C9H10F4N2O/c1-5(14)8-7(10)2-6(3-15-8)16-4-9(11,12)13/h2-3,5H,4,14H2,1H3/t5-/m0/s1. The molecule has 0 aliphatic rings. The number of hydrogen-bond acceptors (Lipinski definition) is 3. The van der Waals surface area contributed by atoms with E-state index in [0.717, 1.165) is 12.3 Å². The van der Waals surface area contributed by atoms with Gasteiger partial charge in [0.05, 0.1) is 11.9 Å². The smallest absolute Gasteiger partial charge is 0.422 e. The van der Waals surface area contributed by atoms with E-state index in [2.05, 4.69) is 9.72 Å². The Morgan fingerprint density at radius 3 is 2.56 bits per heavy atom. The van der Waals surface area contributed by atoms with E-state index in [4.69, 9.17) is 5.73 Å². The fourth-order valence-corrected chi connectivity index (χ4v) is 1.01. The maximum atomic E-state index is 13.2. The van der Waals surface area contributed by atoms with E-state index in [-0.39, 0.29) is 11.4 Å². The van der Waals surface area contributed by atoms with E-state index in [0.29, 0.717) is 0 Å². The lowest BCUT2D eigenvalue weighted by molar-refractivity contribution is -0.153. The largest absolute Gasteiger partial charge is 0.482 e. The first-order valence-electron chi connectivity index (χ1n) is 4.40. The van der Waals surface area contributed by atoms with E-state index in [1.807, 2.05) is 0 Å². The Bertz CT molecular complexity index is 365. The summed E-state index contributed by atoms with van der Waals surface area (Å²) in [5.41, 5.74) is 5.37. The van der Waals surface area contributed by atoms with Crippen LogP contribution in [0.3, 0.4) is 0 Å². The van der Waals surface area contributed by atoms with Crippen molar-refractivity contribution in [1.82, 2.24) is 4.98 Å². The first-order valence-corrected chi connectivity index (χ1v) is 4.40. The summed E-state index contributed by atoms with van der Waals surface area (Å²) in [5.74, 6) is -1.06. The first-order chi connectivity index (χ1) is 7.29. The number of rotatable bonds is 3. The molecule has 1 heterocycles. The number of pyridine rings is 1. The van der Waals surface area contributed by atoms with Gasteiger partial charge < -0.3 is 10.5 Å². The molecule has 1 rings (SSSR count). The normalized spacial score (nSPS) is 13.6. The van der Waals surface area contributed by atoms with Crippen LogP contribution in [-0.4, -0.2) is 17.8 Å². The topological polar surface area (TPSA) is 48.1 Å². The summed E-state index contributed by atoms with van der Waals surface area (Å²) in [7, 11) is 0. The molecule has 1 aromatic heterocycles. The Morgan fingerprint density at radius 1 is 1.50 bits per heavy atom. The summed E-state index contributed by atoms with van der Waals surface area (Å²) in [4.78, 5) is 3.59. The predicted molar refractivity (Wildman–Crippen MR) is 48.3 cm³/mol. The number of ether oxygens (including phenoxy) is 1. The average molecular weight is 238 g/mol. The highest BCUT2D eigenvalue weighted by atomic mass is 19.4. The predicted octanol–water partition coefficient (Wildman–Crippen LogP) is 2.18. The van der Waals surface area contributed by atoms with Crippen LogP contribution in [0.15, 0.2) is 12.3 Å². The SMILES string of the molecule is C[C@H](N)c1ncc(OCC(F)(F)F)cc1F. The molecule has 0 aliphatic heterocycles. The molecule has 0 unspecified atom stereocenters. The molecule has 0 amide bonds. The van der Waals surface area contributed by atoms with Gasteiger partial charge in [-0.05, 0) is 6.92 Å². The minimum absolute atomic E-state index is 0.0145. The van der Waals surface area contributed by atoms with E-state index in [9.17, 15) is 17.6 Å². The lowest BCUT2D eigenvalue weighted by Gasteiger charge is -2.10. The number of nitrogens with two attached hydrogens (primary N) is 1. The highest BCUT2D eigenvalue weighted by molar-refractivity contribution is 5.23. The summed E-state index contributed by atoms with van der Waals surface area (Å²) in [6, 6.07) is 0.203. The third kappa shape index (κ3) is 3.65. The Balaban J connectivity index is 2.74. The Hall–Kier alpha value is -1.37. The van der Waals surface area contributed by atoms with Gasteiger partial charge >= 0.3 is 6.18 Å². The monoisotopic (exact) mass is 238 g/mol. The van der Waals surface area contributed by atoms with Crippen molar-refractivity contribution in [3.63, 3.8) is 0 Å². The molecule has 1 aromatic rings. The molecule has 0 spiro atoms. The quantitative estimate of drug-likeness (QED) is 0.821. The Morgan fingerprint density at radius 2 is 2.12 bits per heavy atom. The number of aromatic nitrogens is 1. The van der Waals surface area contributed by atoms with Crippen LogP contribution >= 0.6 is 0 Å². The van der Waals surface area contributed by atoms with Gasteiger partial charge in [-0.15, -0.1) is 0 Å². The molecule has 2 N–H and O–H groups in total. The summed E-state index contributed by atoms with van der Waals surface area (Å²) in [5, 5.41) is 0. The van der Waals surface area contributed by atoms with Crippen molar-refractivity contribution in [2.24, 2.45) is 5.73 Å². The van der Waals surface area contributed by atoms with Crippen LogP contribution in [0.1, 0.15) is 18.7 Å². The molecule has 7 heteroatoms. The lowest BCUT2D eigenvalue weighted by Crippen LogP contribution is -2.19. The number of alkyl halides is 3. The maximum Gasteiger partial charge on any atom is 0.422 e. The Labute approximate surface area is 89.2 Å². The molecule has 16 heavy (non-hydrogen) atoms. The maximum absolute atomic E-state index is 13.2. The van der Waals surface area contributed by atoms with Crippen LogP contribution in [0.25, 0.3) is 0 Å². The van der Waals surface area contributed by atoms with Gasteiger partial charge in [0.2, 0.25) is 0 Å². The average Bonchev–Trinajstić information content (AvgIpc) is 2.13. The van der Waals surface area contributed by atoms with E-state index < -0.39 is 24.6 Å². The molecular weight excluding hydrogens is 228 g/mol. The van der Waals surface area contributed by atoms with Crippen molar-refractivity contribution >= 4 is 0 Å². The van der Waals surface area contributed by atoms with Crippen LogP contribution in [0, 0.1) is 5.82 Å². The van der Waals surface area contributed by atoms with Crippen LogP contribution in [0.4, 0.5) is 17.6 Å². The highest BCUT2D eigenvalue weighted by Gasteiger charge is 2.28. The van der Waals surface area contributed by atoms with Crippen molar-refractivity contribution in [1.29, 1.82) is 0 Å². The molecule has 0 aromatic carbocycles. The molecule has 0 fully saturated rings. The second-order valence-corrected chi connectivity index (χ2v) is 3.23. The number of halogens is 4. The van der Waals surface area contributed by atoms with Gasteiger partial charge in [0.25, 0.3) is 0 Å². The molecule has 90 valence electrons. The zero-order valence-corrected chi connectivity index (χ0v) is 8.38. The highest BCUT2D eigenvalue weighted by Crippen LogP contribution is 2.20. The van der Waals surface area contributed by atoms with Gasteiger partial charge in [-0.25, -0.2) is 4.39 Å². The number of nitrogens with zero attached hydrogens (tertiary/aromatic N) is 1. The van der Waals surface area contributed by atoms with Crippen molar-refractivity contribution < 1.29 is 22.3 Å². The van der Waals surface area contributed by atoms with Gasteiger partial charge in [-0.1, -0.05) is 0 Å². The first kappa shape index (κ1) is 12.7. The molecule has 0 saturated carbocycles. The van der Waals surface area contributed by atoms with Crippen molar-refractivity contribution in [2.45, 2.75) is 19.1 Å². The van der Waals surface area contributed by atoms with Gasteiger partial charge in [0.1, 0.15) is 11.6 Å². The molecule has 3 nitrogen and oxygen atoms in total. The Kier molecular flexibility index (Phi) is 3.69. The number of hydrogen-bond donors (Lipinski definition) is 1. The van der Waals surface area contributed by atoms with Crippen LogP contribution in [0.2, 0.25) is 0 Å². The molecule has 0 aliphatic carbocycles. The second-order valence-electron chi connectivity index (χ2n) is 3.23. The molecular formula is C9H10F4N2O. The molecule has 1 atom stereocenters. The van der Waals surface area contributed by atoms with Gasteiger partial charge in [0, 0.05) is 12.1 Å². The molecule has 0 bridgehead atoms. The summed E-state index contributed by atoms with van der Waals surface area (Å²) in [6.07, 6.45) is -3.45.